The molecule has 0 bridgehead atoms. The summed E-state index contributed by atoms with van der Waals surface area (Å²) in [5.74, 6) is 0.577. The van der Waals surface area contributed by atoms with Gasteiger partial charge in [0.2, 0.25) is 0 Å². The molecule has 2 N–H and O–H groups in total. The lowest BCUT2D eigenvalue weighted by molar-refractivity contribution is 0.297. The van der Waals surface area contributed by atoms with Crippen molar-refractivity contribution in [2.75, 3.05) is 0 Å². The topological polar surface area (TPSA) is 53.1 Å². The monoisotopic (exact) mass is 323 g/mol. The van der Waals surface area contributed by atoms with Crippen molar-refractivity contribution in [2.45, 2.75) is 32.9 Å². The van der Waals surface area contributed by atoms with Gasteiger partial charge in [0.1, 0.15) is 17.3 Å². The van der Waals surface area contributed by atoms with Crippen LogP contribution in [-0.4, -0.2) is 14.8 Å². The summed E-state index contributed by atoms with van der Waals surface area (Å²) in [6.07, 6.45) is 2.99. The third-order valence-electron chi connectivity index (χ3n) is 3.29. The quantitative estimate of drug-likeness (QED) is 0.823. The van der Waals surface area contributed by atoms with E-state index in [4.69, 9.17) is 34.3 Å². The molecule has 6 heteroatoms. The smallest absolute Gasteiger partial charge is 0.132 e. The van der Waals surface area contributed by atoms with Crippen molar-refractivity contribution < 1.29 is 4.74 Å². The first-order chi connectivity index (χ1) is 10.0. The summed E-state index contributed by atoms with van der Waals surface area (Å²) in [6, 6.07) is 7.52. The van der Waals surface area contributed by atoms with E-state index in [0.717, 1.165) is 12.1 Å². The van der Waals surface area contributed by atoms with Crippen molar-refractivity contribution in [2.24, 2.45) is 5.73 Å². The molecule has 0 saturated carbocycles. The maximum atomic E-state index is 5.98. The number of rotatable bonds is 6. The van der Waals surface area contributed by atoms with Crippen LogP contribution in [0, 0.1) is 0 Å². The average molecular weight is 324 g/mol. The van der Waals surface area contributed by atoms with Gasteiger partial charge in [-0.1, -0.05) is 30.7 Å². The minimum atomic E-state index is 0.284. The lowest BCUT2D eigenvalue weighted by atomic mass is 10.2. The van der Waals surface area contributed by atoms with Crippen LogP contribution < -0.4 is 10.5 Å². The molecule has 1 aromatic heterocycles. The molecule has 2 aromatic rings. The van der Waals surface area contributed by atoms with Gasteiger partial charge >= 0.3 is 0 Å². The van der Waals surface area contributed by atoms with E-state index in [1.54, 1.807) is 18.2 Å². The van der Waals surface area contributed by atoms with E-state index in [9.17, 15) is 0 Å². The second-order valence-electron chi connectivity index (χ2n) is 4.84. The molecule has 0 aliphatic carbocycles. The van der Waals surface area contributed by atoms with E-state index in [1.807, 2.05) is 16.9 Å². The van der Waals surface area contributed by atoms with Crippen molar-refractivity contribution in [3.63, 3.8) is 0 Å². The Hall–Kier alpha value is -1.59. The summed E-state index contributed by atoms with van der Waals surface area (Å²) in [5, 5.41) is 5.07. The molecule has 0 aliphatic rings. The highest BCUT2D eigenvalue weighted by Crippen LogP contribution is 2.24. The minimum absolute atomic E-state index is 0.284. The Kier molecular flexibility index (Phi) is 5.20. The molecular weight excluding hydrogens is 306 g/mol. The van der Waals surface area contributed by atoms with Crippen LogP contribution in [0.4, 0.5) is 0 Å². The van der Waals surface area contributed by atoms with Crippen LogP contribution in [0.1, 0.15) is 37.6 Å². The number of nitrogens with two attached hydrogens (primary N) is 1. The summed E-state index contributed by atoms with van der Waals surface area (Å²) in [6.45, 7) is 4.60. The standard InChI is InChI=1S/C15H18ClN3OS/c1-3-10(2)19-7-6-12(18-19)9-20-14-8-11(16)4-5-13(14)15(17)21/h4-8,10H,3,9H2,1-2H3,(H2,17,21). The number of thiocarbonyl (C=S) groups is 1. The number of aromatic nitrogens is 2. The first-order valence-electron chi connectivity index (χ1n) is 6.77. The highest BCUT2D eigenvalue weighted by Gasteiger charge is 2.09. The average Bonchev–Trinajstić information content (AvgIpc) is 2.93. The fraction of sp³-hybridized carbons (Fsp3) is 0.333. The number of ether oxygens (including phenoxy) is 1. The zero-order valence-electron chi connectivity index (χ0n) is 12.0. The predicted octanol–water partition coefficient (Wildman–Crippen LogP) is 3.72. The number of benzene rings is 1. The lowest BCUT2D eigenvalue weighted by Gasteiger charge is -2.11. The Labute approximate surface area is 134 Å². The van der Waals surface area contributed by atoms with Gasteiger partial charge in [-0.2, -0.15) is 5.10 Å². The number of hydrogen-bond donors (Lipinski definition) is 1. The molecule has 112 valence electrons. The van der Waals surface area contributed by atoms with E-state index in [1.165, 1.54) is 0 Å². The summed E-state index contributed by atoms with van der Waals surface area (Å²) >= 11 is 11.0. The largest absolute Gasteiger partial charge is 0.486 e. The summed E-state index contributed by atoms with van der Waals surface area (Å²) in [5.41, 5.74) is 7.21. The van der Waals surface area contributed by atoms with Crippen LogP contribution >= 0.6 is 23.8 Å². The van der Waals surface area contributed by atoms with Crippen LogP contribution in [0.3, 0.4) is 0 Å². The van der Waals surface area contributed by atoms with Crippen molar-refractivity contribution in [3.05, 3.63) is 46.7 Å². The van der Waals surface area contributed by atoms with Gasteiger partial charge in [0.25, 0.3) is 0 Å². The second-order valence-corrected chi connectivity index (χ2v) is 5.71. The normalized spacial score (nSPS) is 12.1. The van der Waals surface area contributed by atoms with Crippen LogP contribution in [0.25, 0.3) is 0 Å². The molecule has 1 unspecified atom stereocenters. The zero-order chi connectivity index (χ0) is 15.4. The Morgan fingerprint density at radius 3 is 2.90 bits per heavy atom. The van der Waals surface area contributed by atoms with Gasteiger partial charge in [0.15, 0.2) is 0 Å². The van der Waals surface area contributed by atoms with E-state index in [2.05, 4.69) is 18.9 Å². The van der Waals surface area contributed by atoms with Crippen molar-refractivity contribution in [3.8, 4) is 5.75 Å². The molecule has 4 nitrogen and oxygen atoms in total. The molecule has 1 aromatic carbocycles. The highest BCUT2D eigenvalue weighted by atomic mass is 35.5. The van der Waals surface area contributed by atoms with Gasteiger partial charge < -0.3 is 10.5 Å². The van der Waals surface area contributed by atoms with Crippen LogP contribution in [0.15, 0.2) is 30.5 Å². The predicted molar refractivity (Wildman–Crippen MR) is 88.9 cm³/mol. The molecule has 0 saturated heterocycles. The third-order valence-corrected chi connectivity index (χ3v) is 3.75. The van der Waals surface area contributed by atoms with E-state index >= 15 is 0 Å². The second kappa shape index (κ2) is 6.91. The maximum absolute atomic E-state index is 5.98. The summed E-state index contributed by atoms with van der Waals surface area (Å²) in [7, 11) is 0. The fourth-order valence-corrected chi connectivity index (χ4v) is 2.19. The molecule has 1 atom stereocenters. The lowest BCUT2D eigenvalue weighted by Crippen LogP contribution is -2.12. The molecule has 21 heavy (non-hydrogen) atoms. The molecule has 0 fully saturated rings. The molecule has 1 heterocycles. The van der Waals surface area contributed by atoms with Crippen molar-refractivity contribution in [1.29, 1.82) is 0 Å². The summed E-state index contributed by atoms with van der Waals surface area (Å²) < 4.78 is 7.70. The Balaban J connectivity index is 2.11. The molecule has 0 aliphatic heterocycles. The van der Waals surface area contributed by atoms with Gasteiger partial charge in [-0.05, 0) is 37.6 Å². The van der Waals surface area contributed by atoms with Gasteiger partial charge in [-0.25, -0.2) is 0 Å². The van der Waals surface area contributed by atoms with E-state index in [0.29, 0.717) is 29.0 Å². The van der Waals surface area contributed by atoms with Gasteiger partial charge in [0.05, 0.1) is 11.3 Å². The van der Waals surface area contributed by atoms with E-state index in [-0.39, 0.29) is 4.99 Å². The molecule has 2 rings (SSSR count). The molecular formula is C15H18ClN3OS. The third kappa shape index (κ3) is 3.95. The van der Waals surface area contributed by atoms with Crippen LogP contribution in [0.5, 0.6) is 5.75 Å². The van der Waals surface area contributed by atoms with Gasteiger partial charge in [0, 0.05) is 17.3 Å². The first kappa shape index (κ1) is 15.8. The van der Waals surface area contributed by atoms with Gasteiger partial charge in [-0.15, -0.1) is 0 Å². The van der Waals surface area contributed by atoms with Crippen LogP contribution in [-0.2, 0) is 6.61 Å². The number of halogens is 1. The molecule has 0 amide bonds. The van der Waals surface area contributed by atoms with Crippen molar-refractivity contribution >= 4 is 28.8 Å². The van der Waals surface area contributed by atoms with Crippen LogP contribution in [0.2, 0.25) is 5.02 Å². The first-order valence-corrected chi connectivity index (χ1v) is 7.56. The van der Waals surface area contributed by atoms with E-state index < -0.39 is 0 Å². The highest BCUT2D eigenvalue weighted by molar-refractivity contribution is 7.80. The molecule has 0 radical (unpaired) electrons. The summed E-state index contributed by atoms with van der Waals surface area (Å²) in [4.78, 5) is 0.284. The Morgan fingerprint density at radius 1 is 1.48 bits per heavy atom. The maximum Gasteiger partial charge on any atom is 0.132 e. The van der Waals surface area contributed by atoms with Crippen molar-refractivity contribution in [1.82, 2.24) is 9.78 Å². The minimum Gasteiger partial charge on any atom is -0.486 e. The Bertz CT molecular complexity index is 642. The number of hydrogen-bond acceptors (Lipinski definition) is 3. The fourth-order valence-electron chi connectivity index (χ4n) is 1.86. The Morgan fingerprint density at radius 2 is 2.24 bits per heavy atom. The number of nitrogens with zero attached hydrogens (tertiary/aromatic N) is 2. The SMILES string of the molecule is CCC(C)n1ccc(COc2cc(Cl)ccc2C(N)=S)n1. The van der Waals surface area contributed by atoms with Gasteiger partial charge in [-0.3, -0.25) is 4.68 Å². The zero-order valence-corrected chi connectivity index (χ0v) is 13.6. The molecule has 0 spiro atoms.